The van der Waals surface area contributed by atoms with E-state index in [1.807, 2.05) is 26.0 Å². The Hall–Kier alpha value is -1.52. The zero-order valence-corrected chi connectivity index (χ0v) is 23.6. The van der Waals surface area contributed by atoms with Crippen molar-refractivity contribution in [3.8, 4) is 0 Å². The summed E-state index contributed by atoms with van der Waals surface area (Å²) in [5, 5.41) is 0. The molecule has 0 spiro atoms. The summed E-state index contributed by atoms with van der Waals surface area (Å²) in [5.41, 5.74) is 2.83. The summed E-state index contributed by atoms with van der Waals surface area (Å²) in [6.07, 6.45) is 15.3. The Kier molecular flexibility index (Phi) is 9.91. The van der Waals surface area contributed by atoms with E-state index in [9.17, 15) is 9.59 Å². The third-order valence-electron chi connectivity index (χ3n) is 7.43. The first kappa shape index (κ1) is 27.1. The van der Waals surface area contributed by atoms with Crippen LogP contribution in [0.3, 0.4) is 0 Å². The average molecular weight is 499 g/mol. The molecule has 2 unspecified atom stereocenters. The molecule has 2 heterocycles. The molecule has 2 aromatic heterocycles. The molecule has 0 radical (unpaired) electrons. The van der Waals surface area contributed by atoms with E-state index in [0.717, 1.165) is 51.4 Å². The molecule has 0 N–H and O–H groups in total. The van der Waals surface area contributed by atoms with E-state index < -0.39 is 0 Å². The largest absolute Gasteiger partial charge is 0.288 e. The topological polar surface area (TPSA) is 34.1 Å². The van der Waals surface area contributed by atoms with E-state index in [-0.39, 0.29) is 11.6 Å². The highest BCUT2D eigenvalue weighted by atomic mass is 32.1. The molecular formula is C30H42O2S2. The molecule has 0 bridgehead atoms. The number of fused-ring (bicyclic) bond motifs is 2. The number of hydrogen-bond donors (Lipinski definition) is 0. The summed E-state index contributed by atoms with van der Waals surface area (Å²) in [4.78, 5) is 32.2. The highest BCUT2D eigenvalue weighted by Gasteiger charge is 2.39. The Bertz CT molecular complexity index is 1040. The van der Waals surface area contributed by atoms with E-state index in [0.29, 0.717) is 23.0 Å². The number of ketones is 2. The Morgan fingerprint density at radius 3 is 1.68 bits per heavy atom. The van der Waals surface area contributed by atoms with Crippen molar-refractivity contribution in [2.45, 2.75) is 106 Å². The zero-order valence-electron chi connectivity index (χ0n) is 22.0. The Morgan fingerprint density at radius 2 is 1.24 bits per heavy atom. The van der Waals surface area contributed by atoms with Crippen molar-refractivity contribution in [2.75, 3.05) is 0 Å². The van der Waals surface area contributed by atoms with Gasteiger partial charge in [-0.2, -0.15) is 0 Å². The fourth-order valence-corrected chi connectivity index (χ4v) is 7.95. The molecule has 34 heavy (non-hydrogen) atoms. The third kappa shape index (κ3) is 5.49. The molecule has 1 aliphatic carbocycles. The van der Waals surface area contributed by atoms with Crippen LogP contribution < -0.4 is 0 Å². The standard InChI is InChI=1S/C30H42O2S2/c1-7-12-15-20(10-4)17-23-27-28(24(34-23)18-21(11-5)16-13-8-2)30(32)26-22(14-9-3)33-19(6)25(26)29(27)31/h9,14,20-21H,7-8,10-13,15-18H2,1-6H3/b14-9+. The van der Waals surface area contributed by atoms with Crippen LogP contribution in [0, 0.1) is 18.8 Å². The molecule has 0 saturated carbocycles. The van der Waals surface area contributed by atoms with Crippen molar-refractivity contribution >= 4 is 40.3 Å². The molecule has 0 fully saturated rings. The number of thiophene rings is 2. The first-order valence-electron chi connectivity index (χ1n) is 13.4. The van der Waals surface area contributed by atoms with Crippen molar-refractivity contribution in [3.05, 3.63) is 47.8 Å². The highest BCUT2D eigenvalue weighted by Crippen LogP contribution is 2.44. The van der Waals surface area contributed by atoms with Gasteiger partial charge >= 0.3 is 0 Å². The van der Waals surface area contributed by atoms with E-state index in [1.54, 1.807) is 22.7 Å². The summed E-state index contributed by atoms with van der Waals surface area (Å²) >= 11 is 3.36. The van der Waals surface area contributed by atoms with Gasteiger partial charge in [0.1, 0.15) is 0 Å². The normalized spacial score (nSPS) is 15.1. The van der Waals surface area contributed by atoms with Gasteiger partial charge in [-0.15, -0.1) is 22.7 Å². The lowest BCUT2D eigenvalue weighted by molar-refractivity contribution is 0.0978. The quantitative estimate of drug-likeness (QED) is 0.235. The van der Waals surface area contributed by atoms with Gasteiger partial charge in [0, 0.05) is 36.2 Å². The second kappa shape index (κ2) is 12.4. The molecule has 1 aliphatic rings. The lowest BCUT2D eigenvalue weighted by atomic mass is 9.81. The van der Waals surface area contributed by atoms with E-state index in [1.165, 1.54) is 43.4 Å². The molecule has 2 aromatic rings. The minimum Gasteiger partial charge on any atom is -0.288 e. The second-order valence-electron chi connectivity index (χ2n) is 9.87. The number of carbonyl (C=O) groups is 2. The van der Waals surface area contributed by atoms with Gasteiger partial charge in [0.05, 0.1) is 5.56 Å². The lowest BCUT2D eigenvalue weighted by Gasteiger charge is -2.18. The van der Waals surface area contributed by atoms with Crippen molar-refractivity contribution in [3.63, 3.8) is 0 Å². The SMILES string of the molecule is C/C=C/c1sc(C)c2c1C(=O)c1c(CC(CC)CCCC)sc(CC(CC)CCCC)c1C2=O. The van der Waals surface area contributed by atoms with Crippen LogP contribution in [0.1, 0.15) is 137 Å². The van der Waals surface area contributed by atoms with Crippen molar-refractivity contribution in [2.24, 2.45) is 11.8 Å². The number of unbranched alkanes of at least 4 members (excludes halogenated alkanes) is 2. The Morgan fingerprint density at radius 1 is 0.735 bits per heavy atom. The lowest BCUT2D eigenvalue weighted by Crippen LogP contribution is -2.22. The molecule has 0 amide bonds. The summed E-state index contributed by atoms with van der Waals surface area (Å²) in [6, 6.07) is 0. The molecule has 3 rings (SSSR count). The smallest absolute Gasteiger partial charge is 0.197 e. The summed E-state index contributed by atoms with van der Waals surface area (Å²) in [6.45, 7) is 13.0. The number of hydrogen-bond acceptors (Lipinski definition) is 4. The van der Waals surface area contributed by atoms with Crippen LogP contribution in [0.25, 0.3) is 6.08 Å². The van der Waals surface area contributed by atoms with Gasteiger partial charge in [0.15, 0.2) is 11.6 Å². The molecule has 0 aromatic carbocycles. The first-order chi connectivity index (χ1) is 16.4. The highest BCUT2D eigenvalue weighted by molar-refractivity contribution is 7.14. The van der Waals surface area contributed by atoms with Gasteiger partial charge in [-0.1, -0.05) is 85.1 Å². The maximum Gasteiger partial charge on any atom is 0.197 e. The minimum absolute atomic E-state index is 0.0894. The molecule has 186 valence electrons. The molecule has 2 nitrogen and oxygen atoms in total. The van der Waals surface area contributed by atoms with Crippen molar-refractivity contribution < 1.29 is 9.59 Å². The van der Waals surface area contributed by atoms with Crippen LogP contribution in [0.2, 0.25) is 0 Å². The van der Waals surface area contributed by atoms with Gasteiger partial charge in [-0.05, 0) is 44.6 Å². The van der Waals surface area contributed by atoms with E-state index in [2.05, 4.69) is 27.7 Å². The molecule has 2 atom stereocenters. The first-order valence-corrected chi connectivity index (χ1v) is 15.0. The monoisotopic (exact) mass is 498 g/mol. The van der Waals surface area contributed by atoms with E-state index >= 15 is 0 Å². The zero-order chi connectivity index (χ0) is 24.8. The van der Waals surface area contributed by atoms with E-state index in [4.69, 9.17) is 0 Å². The summed E-state index contributed by atoms with van der Waals surface area (Å²) < 4.78 is 0. The predicted molar refractivity (Wildman–Crippen MR) is 149 cm³/mol. The van der Waals surface area contributed by atoms with Crippen LogP contribution in [0.5, 0.6) is 0 Å². The fraction of sp³-hybridized carbons (Fsp3) is 0.600. The third-order valence-corrected chi connectivity index (χ3v) is 9.73. The summed E-state index contributed by atoms with van der Waals surface area (Å²) in [5.74, 6) is 1.33. The van der Waals surface area contributed by atoms with Crippen LogP contribution in [-0.4, -0.2) is 11.6 Å². The Labute approximate surface area is 214 Å². The van der Waals surface area contributed by atoms with Crippen LogP contribution >= 0.6 is 22.7 Å². The molecule has 4 heteroatoms. The number of rotatable bonds is 13. The predicted octanol–water partition coefficient (Wildman–Crippen LogP) is 9.44. The van der Waals surface area contributed by atoms with Gasteiger partial charge in [-0.25, -0.2) is 0 Å². The fourth-order valence-electron chi connectivity index (χ4n) is 5.29. The minimum atomic E-state index is 0.0894. The maximum absolute atomic E-state index is 14.0. The van der Waals surface area contributed by atoms with Crippen LogP contribution in [0.4, 0.5) is 0 Å². The molecular weight excluding hydrogens is 456 g/mol. The van der Waals surface area contributed by atoms with Gasteiger partial charge in [0.2, 0.25) is 0 Å². The van der Waals surface area contributed by atoms with Crippen LogP contribution in [-0.2, 0) is 12.8 Å². The number of carbonyl (C=O) groups excluding carboxylic acids is 2. The average Bonchev–Trinajstić information content (AvgIpc) is 3.35. The number of aryl methyl sites for hydroxylation is 1. The van der Waals surface area contributed by atoms with Crippen LogP contribution in [0.15, 0.2) is 6.08 Å². The number of allylic oxidation sites excluding steroid dienone is 1. The van der Waals surface area contributed by atoms with Gasteiger partial charge in [-0.3, -0.25) is 9.59 Å². The summed E-state index contributed by atoms with van der Waals surface area (Å²) in [7, 11) is 0. The van der Waals surface area contributed by atoms with Crippen molar-refractivity contribution in [1.29, 1.82) is 0 Å². The Balaban J connectivity index is 2.12. The maximum atomic E-state index is 14.0. The van der Waals surface area contributed by atoms with Crippen molar-refractivity contribution in [1.82, 2.24) is 0 Å². The second-order valence-corrected chi connectivity index (χ2v) is 12.3. The van der Waals surface area contributed by atoms with Gasteiger partial charge in [0.25, 0.3) is 0 Å². The molecule has 0 saturated heterocycles. The molecule has 0 aliphatic heterocycles. The van der Waals surface area contributed by atoms with Gasteiger partial charge < -0.3 is 0 Å².